The Hall–Kier alpha value is -1.40. The monoisotopic (exact) mass is 395 g/mol. The molecular weight excluding hydrogens is 381 g/mol. The van der Waals surface area contributed by atoms with E-state index < -0.39 is 0 Å². The van der Waals surface area contributed by atoms with E-state index in [0.717, 1.165) is 20.9 Å². The highest BCUT2D eigenvalue weighted by molar-refractivity contribution is 7.14. The van der Waals surface area contributed by atoms with Gasteiger partial charge in [-0.2, -0.15) is 5.10 Å². The molecule has 0 saturated carbocycles. The first kappa shape index (κ1) is 17.4. The predicted octanol–water partition coefficient (Wildman–Crippen LogP) is 5.78. The first-order valence-corrected chi connectivity index (χ1v) is 9.84. The summed E-state index contributed by atoms with van der Waals surface area (Å²) in [7, 11) is 0. The van der Waals surface area contributed by atoms with E-state index in [0.29, 0.717) is 10.0 Å². The van der Waals surface area contributed by atoms with Crippen molar-refractivity contribution in [1.29, 1.82) is 0 Å². The number of hydrogen-bond acceptors (Lipinski definition) is 4. The molecule has 3 nitrogen and oxygen atoms in total. The summed E-state index contributed by atoms with van der Waals surface area (Å²) in [6.45, 7) is 4.10. The van der Waals surface area contributed by atoms with Crippen molar-refractivity contribution in [2.45, 2.75) is 19.9 Å². The third kappa shape index (κ3) is 3.98. The molecule has 0 atom stereocenters. The fourth-order valence-corrected chi connectivity index (χ4v) is 4.26. The molecule has 0 aliphatic heterocycles. The Kier molecular flexibility index (Phi) is 5.56. The summed E-state index contributed by atoms with van der Waals surface area (Å²) in [5.74, 6) is 0. The molecule has 0 fully saturated rings. The van der Waals surface area contributed by atoms with Crippen LogP contribution in [0.5, 0.6) is 0 Å². The highest BCUT2D eigenvalue weighted by Gasteiger charge is 2.09. The number of aromatic nitrogens is 1. The molecular formula is C17H15Cl2N3S2. The number of nitrogens with zero attached hydrogens (tertiary/aromatic N) is 3. The molecule has 0 radical (unpaired) electrons. The van der Waals surface area contributed by atoms with Gasteiger partial charge in [-0.25, -0.2) is 4.68 Å². The van der Waals surface area contributed by atoms with E-state index in [9.17, 15) is 0 Å². The highest BCUT2D eigenvalue weighted by Crippen LogP contribution is 2.25. The number of thiophene rings is 1. The van der Waals surface area contributed by atoms with Crippen molar-refractivity contribution >= 4 is 52.1 Å². The van der Waals surface area contributed by atoms with E-state index in [1.165, 1.54) is 0 Å². The Labute approximate surface area is 158 Å². The van der Waals surface area contributed by atoms with Crippen LogP contribution in [0, 0.1) is 0 Å². The Morgan fingerprint density at radius 3 is 2.67 bits per heavy atom. The second kappa shape index (κ2) is 7.66. The van der Waals surface area contributed by atoms with Gasteiger partial charge in [-0.3, -0.25) is 4.99 Å². The van der Waals surface area contributed by atoms with E-state index in [1.807, 2.05) is 16.8 Å². The summed E-state index contributed by atoms with van der Waals surface area (Å²) in [6, 6.07) is 9.66. The highest BCUT2D eigenvalue weighted by atomic mass is 35.5. The molecule has 0 unspecified atom stereocenters. The average molecular weight is 396 g/mol. The van der Waals surface area contributed by atoms with E-state index in [4.69, 9.17) is 23.2 Å². The van der Waals surface area contributed by atoms with Gasteiger partial charge in [0.05, 0.1) is 21.8 Å². The average Bonchev–Trinajstić information content (AvgIpc) is 3.15. The molecule has 7 heteroatoms. The van der Waals surface area contributed by atoms with Crippen molar-refractivity contribution in [2.24, 2.45) is 10.1 Å². The molecule has 0 saturated heterocycles. The van der Waals surface area contributed by atoms with Crippen molar-refractivity contribution in [2.75, 3.05) is 0 Å². The normalized spacial score (nSPS) is 12.6. The maximum absolute atomic E-state index is 6.23. The standard InChI is InChI=1S/C17H15Cl2N3S2/c1-11(2)21-17-22(15(10-24-17)16-4-3-7-23-16)20-9-12-5-6-13(18)8-14(12)19/h3-11H,1-2H3/b20-9+,21-17?. The molecule has 3 aromatic rings. The van der Waals surface area contributed by atoms with Crippen LogP contribution in [-0.4, -0.2) is 16.9 Å². The van der Waals surface area contributed by atoms with Crippen LogP contribution in [0.1, 0.15) is 19.4 Å². The smallest absolute Gasteiger partial charge is 0.206 e. The largest absolute Gasteiger partial charge is 0.255 e. The van der Waals surface area contributed by atoms with Gasteiger partial charge in [-0.15, -0.1) is 22.7 Å². The minimum absolute atomic E-state index is 0.195. The third-order valence-corrected chi connectivity index (χ3v) is 5.39. The van der Waals surface area contributed by atoms with Crippen LogP contribution in [0.4, 0.5) is 0 Å². The molecule has 24 heavy (non-hydrogen) atoms. The van der Waals surface area contributed by atoms with Gasteiger partial charge in [0.2, 0.25) is 4.80 Å². The summed E-state index contributed by atoms with van der Waals surface area (Å²) < 4.78 is 1.86. The van der Waals surface area contributed by atoms with Crippen molar-refractivity contribution in [3.05, 3.63) is 61.5 Å². The van der Waals surface area contributed by atoms with Crippen molar-refractivity contribution in [3.8, 4) is 10.6 Å². The lowest BCUT2D eigenvalue weighted by Gasteiger charge is -2.03. The lowest BCUT2D eigenvalue weighted by Crippen LogP contribution is -2.14. The quantitative estimate of drug-likeness (QED) is 0.501. The summed E-state index contributed by atoms with van der Waals surface area (Å²) in [4.78, 5) is 6.66. The number of benzene rings is 1. The predicted molar refractivity (Wildman–Crippen MR) is 106 cm³/mol. The maximum Gasteiger partial charge on any atom is 0.206 e. The molecule has 2 heterocycles. The lowest BCUT2D eigenvalue weighted by atomic mass is 10.2. The van der Waals surface area contributed by atoms with Gasteiger partial charge >= 0.3 is 0 Å². The maximum atomic E-state index is 6.23. The van der Waals surface area contributed by atoms with E-state index in [1.54, 1.807) is 41.0 Å². The van der Waals surface area contributed by atoms with Crippen LogP contribution in [0.2, 0.25) is 10.0 Å². The van der Waals surface area contributed by atoms with Gasteiger partial charge in [0.25, 0.3) is 0 Å². The Balaban J connectivity index is 2.08. The van der Waals surface area contributed by atoms with Gasteiger partial charge in [-0.05, 0) is 37.4 Å². The molecule has 0 amide bonds. The first-order chi connectivity index (χ1) is 11.5. The van der Waals surface area contributed by atoms with Crippen molar-refractivity contribution in [3.63, 3.8) is 0 Å². The Bertz CT molecular complexity index is 922. The summed E-state index contributed by atoms with van der Waals surface area (Å²) in [5.41, 5.74) is 1.84. The van der Waals surface area contributed by atoms with Crippen LogP contribution in [0.15, 0.2) is 51.2 Å². The third-order valence-electron chi connectivity index (χ3n) is 3.10. The van der Waals surface area contributed by atoms with Crippen molar-refractivity contribution < 1.29 is 0 Å². The number of halogens is 2. The molecule has 0 N–H and O–H groups in total. The SMILES string of the molecule is CC(C)N=c1scc(-c2cccs2)n1/N=C/c1ccc(Cl)cc1Cl. The fraction of sp³-hybridized carbons (Fsp3) is 0.176. The van der Waals surface area contributed by atoms with Gasteiger partial charge in [0, 0.05) is 22.0 Å². The van der Waals surface area contributed by atoms with Crippen molar-refractivity contribution in [1.82, 2.24) is 4.68 Å². The van der Waals surface area contributed by atoms with Crippen LogP contribution in [-0.2, 0) is 0 Å². The van der Waals surface area contributed by atoms with Crippen LogP contribution < -0.4 is 4.80 Å². The fourth-order valence-electron chi connectivity index (χ4n) is 2.04. The molecule has 0 aliphatic rings. The van der Waals surface area contributed by atoms with E-state index in [2.05, 4.69) is 40.8 Å². The zero-order valence-corrected chi connectivity index (χ0v) is 16.3. The zero-order chi connectivity index (χ0) is 17.1. The molecule has 2 aromatic heterocycles. The Morgan fingerprint density at radius 1 is 1.17 bits per heavy atom. The van der Waals surface area contributed by atoms with Gasteiger partial charge in [0.15, 0.2) is 0 Å². The summed E-state index contributed by atoms with van der Waals surface area (Å²) >= 11 is 15.4. The number of hydrogen-bond donors (Lipinski definition) is 0. The van der Waals surface area contributed by atoms with Crippen LogP contribution in [0.25, 0.3) is 10.6 Å². The molecule has 3 rings (SSSR count). The second-order valence-corrected chi connectivity index (χ2v) is 7.95. The first-order valence-electron chi connectivity index (χ1n) is 7.32. The molecule has 124 valence electrons. The molecule has 0 bridgehead atoms. The van der Waals surface area contributed by atoms with E-state index >= 15 is 0 Å². The molecule has 0 aliphatic carbocycles. The van der Waals surface area contributed by atoms with Crippen LogP contribution in [0.3, 0.4) is 0 Å². The molecule has 0 spiro atoms. The topological polar surface area (TPSA) is 29.6 Å². The zero-order valence-electron chi connectivity index (χ0n) is 13.1. The summed E-state index contributed by atoms with van der Waals surface area (Å²) in [6.07, 6.45) is 1.74. The molecule has 1 aromatic carbocycles. The minimum atomic E-state index is 0.195. The van der Waals surface area contributed by atoms with Gasteiger partial charge < -0.3 is 0 Å². The van der Waals surface area contributed by atoms with Gasteiger partial charge in [-0.1, -0.05) is 35.3 Å². The van der Waals surface area contributed by atoms with Gasteiger partial charge in [0.1, 0.15) is 0 Å². The minimum Gasteiger partial charge on any atom is -0.255 e. The Morgan fingerprint density at radius 2 is 2.00 bits per heavy atom. The number of rotatable bonds is 4. The lowest BCUT2D eigenvalue weighted by molar-refractivity contribution is 0.755. The number of thiazole rings is 1. The second-order valence-electron chi connectivity index (χ2n) is 5.33. The summed E-state index contributed by atoms with van der Waals surface area (Å²) in [5, 5.41) is 9.93. The van der Waals surface area contributed by atoms with E-state index in [-0.39, 0.29) is 6.04 Å². The van der Waals surface area contributed by atoms with Crippen LogP contribution >= 0.6 is 45.9 Å².